The second-order valence-electron chi connectivity index (χ2n) is 4.92. The molecule has 0 radical (unpaired) electrons. The molecule has 112 valence electrons. The molecular formula is C15H19N3OS2. The van der Waals surface area contributed by atoms with Crippen molar-refractivity contribution in [1.29, 1.82) is 0 Å². The second-order valence-corrected chi connectivity index (χ2v) is 7.20. The van der Waals surface area contributed by atoms with Crippen LogP contribution in [0.2, 0.25) is 0 Å². The van der Waals surface area contributed by atoms with Crippen LogP contribution in [0.4, 0.5) is 5.13 Å². The number of rotatable bonds is 6. The molecule has 0 aliphatic carbocycles. The maximum atomic E-state index is 12.3. The van der Waals surface area contributed by atoms with Gasteiger partial charge in [-0.25, -0.2) is 0 Å². The van der Waals surface area contributed by atoms with Gasteiger partial charge in [-0.3, -0.25) is 10.1 Å². The van der Waals surface area contributed by atoms with Crippen LogP contribution in [0.5, 0.6) is 0 Å². The summed E-state index contributed by atoms with van der Waals surface area (Å²) in [5, 5.41) is 12.4. The first-order valence-corrected chi connectivity index (χ1v) is 8.65. The van der Waals surface area contributed by atoms with Crippen molar-refractivity contribution in [3.05, 3.63) is 35.3 Å². The Morgan fingerprint density at radius 2 is 2.00 bits per heavy atom. The van der Waals surface area contributed by atoms with Crippen LogP contribution < -0.4 is 5.32 Å². The molecule has 0 spiro atoms. The number of nitrogens with zero attached hydrogens (tertiary/aromatic N) is 2. The van der Waals surface area contributed by atoms with Crippen LogP contribution in [-0.2, 0) is 4.79 Å². The molecular weight excluding hydrogens is 302 g/mol. The van der Waals surface area contributed by atoms with E-state index in [0.717, 1.165) is 16.3 Å². The summed E-state index contributed by atoms with van der Waals surface area (Å²) in [4.78, 5) is 13.4. The van der Waals surface area contributed by atoms with E-state index in [4.69, 9.17) is 0 Å². The van der Waals surface area contributed by atoms with Crippen LogP contribution >= 0.6 is 23.1 Å². The predicted octanol–water partition coefficient (Wildman–Crippen LogP) is 4.17. The van der Waals surface area contributed by atoms with E-state index < -0.39 is 0 Å². The molecule has 1 aromatic carbocycles. The van der Waals surface area contributed by atoms with Gasteiger partial charge in [0.05, 0.1) is 5.25 Å². The zero-order valence-corrected chi connectivity index (χ0v) is 14.0. The van der Waals surface area contributed by atoms with E-state index in [1.807, 2.05) is 37.3 Å². The number of thioether (sulfide) groups is 1. The van der Waals surface area contributed by atoms with E-state index in [2.05, 4.69) is 29.4 Å². The molecule has 1 heterocycles. The van der Waals surface area contributed by atoms with E-state index in [9.17, 15) is 4.79 Å². The van der Waals surface area contributed by atoms with Gasteiger partial charge in [0.2, 0.25) is 11.0 Å². The third-order valence-electron chi connectivity index (χ3n) is 2.85. The van der Waals surface area contributed by atoms with Gasteiger partial charge in [0.25, 0.3) is 0 Å². The highest BCUT2D eigenvalue weighted by Gasteiger charge is 2.19. The largest absolute Gasteiger partial charge is 0.300 e. The summed E-state index contributed by atoms with van der Waals surface area (Å²) < 4.78 is 0. The number of aromatic nitrogens is 2. The summed E-state index contributed by atoms with van der Waals surface area (Å²) >= 11 is 3.01. The third-order valence-corrected chi connectivity index (χ3v) is 5.36. The van der Waals surface area contributed by atoms with Gasteiger partial charge in [-0.05, 0) is 18.6 Å². The minimum Gasteiger partial charge on any atom is -0.300 e. The van der Waals surface area contributed by atoms with Crippen molar-refractivity contribution in [1.82, 2.24) is 10.2 Å². The predicted molar refractivity (Wildman–Crippen MR) is 89.0 cm³/mol. The Bertz CT molecular complexity index is 584. The first-order chi connectivity index (χ1) is 10.1. The van der Waals surface area contributed by atoms with Gasteiger partial charge in [0.1, 0.15) is 5.01 Å². The molecule has 1 amide bonds. The van der Waals surface area contributed by atoms with Gasteiger partial charge < -0.3 is 0 Å². The van der Waals surface area contributed by atoms with Crippen LogP contribution in [0.15, 0.2) is 35.2 Å². The highest BCUT2D eigenvalue weighted by atomic mass is 32.2. The molecule has 21 heavy (non-hydrogen) atoms. The van der Waals surface area contributed by atoms with Crippen LogP contribution in [-0.4, -0.2) is 21.4 Å². The Balaban J connectivity index is 1.99. The quantitative estimate of drug-likeness (QED) is 0.811. The van der Waals surface area contributed by atoms with Crippen molar-refractivity contribution < 1.29 is 4.79 Å². The van der Waals surface area contributed by atoms with E-state index in [-0.39, 0.29) is 11.2 Å². The number of hydrogen-bond acceptors (Lipinski definition) is 5. The Hall–Kier alpha value is -1.40. The van der Waals surface area contributed by atoms with Gasteiger partial charge in [0.15, 0.2) is 0 Å². The molecule has 1 unspecified atom stereocenters. The lowest BCUT2D eigenvalue weighted by atomic mass is 10.2. The molecule has 2 rings (SSSR count). The normalized spacial score (nSPS) is 12.4. The van der Waals surface area contributed by atoms with Crippen LogP contribution in [0.3, 0.4) is 0 Å². The zero-order valence-electron chi connectivity index (χ0n) is 12.4. The van der Waals surface area contributed by atoms with Gasteiger partial charge in [0, 0.05) is 10.8 Å². The molecule has 0 aliphatic heterocycles. The Labute approximate surface area is 133 Å². The maximum Gasteiger partial charge on any atom is 0.239 e. The summed E-state index contributed by atoms with van der Waals surface area (Å²) in [6, 6.07) is 9.96. The number of carbonyl (C=O) groups is 1. The lowest BCUT2D eigenvalue weighted by Gasteiger charge is -2.13. The Morgan fingerprint density at radius 1 is 1.29 bits per heavy atom. The third kappa shape index (κ3) is 4.54. The summed E-state index contributed by atoms with van der Waals surface area (Å²) in [7, 11) is 0. The van der Waals surface area contributed by atoms with Gasteiger partial charge in [-0.1, -0.05) is 50.3 Å². The van der Waals surface area contributed by atoms with Crippen molar-refractivity contribution in [2.75, 3.05) is 5.32 Å². The summed E-state index contributed by atoms with van der Waals surface area (Å²) in [6.45, 7) is 6.14. The number of amides is 1. The molecule has 0 saturated heterocycles. The number of anilines is 1. The van der Waals surface area contributed by atoms with Crippen molar-refractivity contribution in [2.24, 2.45) is 0 Å². The smallest absolute Gasteiger partial charge is 0.239 e. The van der Waals surface area contributed by atoms with Crippen molar-refractivity contribution >= 4 is 34.1 Å². The Kier molecular flexibility index (Phi) is 5.76. The van der Waals surface area contributed by atoms with Gasteiger partial charge in [-0.2, -0.15) is 0 Å². The molecule has 0 bridgehead atoms. The van der Waals surface area contributed by atoms with E-state index in [1.54, 1.807) is 11.8 Å². The summed E-state index contributed by atoms with van der Waals surface area (Å²) in [6.07, 6.45) is 0.765. The fraction of sp³-hybridized carbons (Fsp3) is 0.400. The molecule has 1 atom stereocenters. The lowest BCUT2D eigenvalue weighted by molar-refractivity contribution is -0.115. The van der Waals surface area contributed by atoms with E-state index in [0.29, 0.717) is 11.0 Å². The first kappa shape index (κ1) is 16.0. The van der Waals surface area contributed by atoms with Crippen LogP contribution in [0.25, 0.3) is 0 Å². The second kappa shape index (κ2) is 7.56. The molecule has 0 saturated carbocycles. The fourth-order valence-electron chi connectivity index (χ4n) is 1.69. The summed E-state index contributed by atoms with van der Waals surface area (Å²) in [5.74, 6) is 0.312. The van der Waals surface area contributed by atoms with Crippen molar-refractivity contribution in [3.63, 3.8) is 0 Å². The number of benzene rings is 1. The minimum absolute atomic E-state index is 0.0159. The van der Waals surface area contributed by atoms with Crippen molar-refractivity contribution in [2.45, 2.75) is 43.3 Å². The highest BCUT2D eigenvalue weighted by molar-refractivity contribution is 8.00. The highest BCUT2D eigenvalue weighted by Crippen LogP contribution is 2.27. The first-order valence-electron chi connectivity index (χ1n) is 6.96. The monoisotopic (exact) mass is 321 g/mol. The average Bonchev–Trinajstić information content (AvgIpc) is 2.94. The minimum atomic E-state index is -0.126. The molecule has 6 heteroatoms. The van der Waals surface area contributed by atoms with E-state index >= 15 is 0 Å². The molecule has 4 nitrogen and oxygen atoms in total. The number of nitrogens with one attached hydrogen (secondary N) is 1. The standard InChI is InChI=1S/C15H19N3OS2/c1-4-12(20-11-8-6-5-7-9-11)13(19)16-15-18-17-14(21-15)10(2)3/h5-10,12H,4H2,1-3H3,(H,16,18,19). The fourth-order valence-corrected chi connectivity index (χ4v) is 3.41. The summed E-state index contributed by atoms with van der Waals surface area (Å²) in [5.41, 5.74) is 0. The van der Waals surface area contributed by atoms with Gasteiger partial charge in [-0.15, -0.1) is 22.0 Å². The lowest BCUT2D eigenvalue weighted by Crippen LogP contribution is -2.24. The topological polar surface area (TPSA) is 54.9 Å². The molecule has 2 aromatic rings. The molecule has 0 aliphatic rings. The molecule has 0 fully saturated rings. The number of carbonyl (C=O) groups excluding carboxylic acids is 1. The van der Waals surface area contributed by atoms with Crippen LogP contribution in [0.1, 0.15) is 38.1 Å². The van der Waals surface area contributed by atoms with Crippen molar-refractivity contribution in [3.8, 4) is 0 Å². The molecule has 1 N–H and O–H groups in total. The maximum absolute atomic E-state index is 12.3. The number of hydrogen-bond donors (Lipinski definition) is 1. The zero-order chi connectivity index (χ0) is 15.2. The van der Waals surface area contributed by atoms with Gasteiger partial charge >= 0.3 is 0 Å². The molecule has 1 aromatic heterocycles. The Morgan fingerprint density at radius 3 is 2.57 bits per heavy atom. The SMILES string of the molecule is CCC(Sc1ccccc1)C(=O)Nc1nnc(C(C)C)s1. The van der Waals surface area contributed by atoms with Crippen LogP contribution in [0, 0.1) is 0 Å². The van der Waals surface area contributed by atoms with E-state index in [1.165, 1.54) is 11.3 Å². The average molecular weight is 321 g/mol.